The molecule has 0 aliphatic heterocycles. The first-order valence-electron chi connectivity index (χ1n) is 7.28. The van der Waals surface area contributed by atoms with Crippen molar-refractivity contribution in [1.82, 2.24) is 0 Å². The molecule has 0 aliphatic carbocycles. The number of sulfone groups is 1. The predicted molar refractivity (Wildman–Crippen MR) is 82.8 cm³/mol. The maximum absolute atomic E-state index is 12.8. The van der Waals surface area contributed by atoms with Crippen molar-refractivity contribution in [3.63, 3.8) is 0 Å². The number of esters is 1. The van der Waals surface area contributed by atoms with Crippen LogP contribution in [-0.4, -0.2) is 26.2 Å². The summed E-state index contributed by atoms with van der Waals surface area (Å²) in [6.07, 6.45) is 3.96. The molecule has 118 valence electrons. The molecule has 0 bridgehead atoms. The Morgan fingerprint density at radius 1 is 1.14 bits per heavy atom. The molecule has 0 aromatic heterocycles. The Labute approximate surface area is 127 Å². The Bertz CT molecular complexity index is 551. The van der Waals surface area contributed by atoms with Gasteiger partial charge in [0.15, 0.2) is 14.6 Å². The van der Waals surface area contributed by atoms with Crippen molar-refractivity contribution in [3.05, 3.63) is 30.3 Å². The first-order valence-corrected chi connectivity index (χ1v) is 8.76. The van der Waals surface area contributed by atoms with Crippen LogP contribution in [-0.2, 0) is 19.4 Å². The van der Waals surface area contributed by atoms with Crippen molar-refractivity contribution in [2.45, 2.75) is 55.6 Å². The highest BCUT2D eigenvalue weighted by molar-refractivity contribution is 7.93. The van der Waals surface area contributed by atoms with Crippen LogP contribution in [0.15, 0.2) is 35.2 Å². The molecule has 21 heavy (non-hydrogen) atoms. The van der Waals surface area contributed by atoms with Gasteiger partial charge in [0.05, 0.1) is 12.0 Å². The van der Waals surface area contributed by atoms with Gasteiger partial charge >= 0.3 is 5.97 Å². The molecule has 0 aliphatic rings. The lowest BCUT2D eigenvalue weighted by molar-refractivity contribution is -0.143. The number of hydrogen-bond acceptors (Lipinski definition) is 4. The van der Waals surface area contributed by atoms with Crippen LogP contribution in [0.4, 0.5) is 0 Å². The molecule has 5 heteroatoms. The van der Waals surface area contributed by atoms with Crippen molar-refractivity contribution in [2.75, 3.05) is 7.11 Å². The van der Waals surface area contributed by atoms with E-state index in [4.69, 9.17) is 4.74 Å². The van der Waals surface area contributed by atoms with E-state index >= 15 is 0 Å². The van der Waals surface area contributed by atoms with Gasteiger partial charge in [-0.25, -0.2) is 8.42 Å². The van der Waals surface area contributed by atoms with Crippen LogP contribution in [0.1, 0.15) is 46.0 Å². The van der Waals surface area contributed by atoms with E-state index in [-0.39, 0.29) is 11.3 Å². The maximum atomic E-state index is 12.8. The summed E-state index contributed by atoms with van der Waals surface area (Å²) in [5.41, 5.74) is 0. The Morgan fingerprint density at radius 2 is 1.76 bits per heavy atom. The molecular weight excluding hydrogens is 288 g/mol. The summed E-state index contributed by atoms with van der Waals surface area (Å²) in [6.45, 7) is 3.55. The molecule has 0 heterocycles. The number of carbonyl (C=O) groups is 1. The van der Waals surface area contributed by atoms with Crippen molar-refractivity contribution in [3.8, 4) is 0 Å². The normalized spacial score (nSPS) is 14.4. The lowest BCUT2D eigenvalue weighted by atomic mass is 10.0. The van der Waals surface area contributed by atoms with E-state index in [1.54, 1.807) is 18.2 Å². The van der Waals surface area contributed by atoms with Gasteiger partial charge in [0, 0.05) is 0 Å². The van der Waals surface area contributed by atoms with Crippen LogP contribution in [0, 0.1) is 0 Å². The van der Waals surface area contributed by atoms with Gasteiger partial charge in [-0.2, -0.15) is 0 Å². The highest BCUT2D eigenvalue weighted by Crippen LogP contribution is 2.32. The van der Waals surface area contributed by atoms with E-state index in [0.29, 0.717) is 6.42 Å². The molecule has 0 spiro atoms. The van der Waals surface area contributed by atoms with Crippen LogP contribution in [0.25, 0.3) is 0 Å². The molecule has 0 amide bonds. The zero-order chi connectivity index (χ0) is 15.9. The number of benzene rings is 1. The monoisotopic (exact) mass is 312 g/mol. The second-order valence-corrected chi connectivity index (χ2v) is 7.73. The second kappa shape index (κ2) is 7.59. The average Bonchev–Trinajstić information content (AvgIpc) is 2.51. The first kappa shape index (κ1) is 17.7. The summed E-state index contributed by atoms with van der Waals surface area (Å²) >= 11 is 0. The molecule has 0 N–H and O–H groups in total. The molecule has 1 aromatic rings. The molecule has 1 rings (SSSR count). The van der Waals surface area contributed by atoms with Crippen LogP contribution in [0.5, 0.6) is 0 Å². The van der Waals surface area contributed by atoms with Gasteiger partial charge in [-0.05, 0) is 25.5 Å². The highest BCUT2D eigenvalue weighted by Gasteiger charge is 2.47. The van der Waals surface area contributed by atoms with Gasteiger partial charge < -0.3 is 4.74 Å². The zero-order valence-electron chi connectivity index (χ0n) is 13.0. The van der Waals surface area contributed by atoms with Crippen molar-refractivity contribution in [2.24, 2.45) is 0 Å². The topological polar surface area (TPSA) is 60.4 Å². The molecule has 0 saturated carbocycles. The summed E-state index contributed by atoms with van der Waals surface area (Å²) in [6, 6.07) is 8.09. The molecule has 1 aromatic carbocycles. The van der Waals surface area contributed by atoms with E-state index in [2.05, 4.69) is 6.92 Å². The van der Waals surface area contributed by atoms with E-state index < -0.39 is 20.6 Å². The van der Waals surface area contributed by atoms with E-state index in [1.807, 2.05) is 0 Å². The van der Waals surface area contributed by atoms with Gasteiger partial charge in [-0.3, -0.25) is 4.79 Å². The molecular formula is C16H24O4S. The van der Waals surface area contributed by atoms with Gasteiger partial charge in [-0.1, -0.05) is 50.8 Å². The largest absolute Gasteiger partial charge is 0.468 e. The average molecular weight is 312 g/mol. The fraction of sp³-hybridized carbons (Fsp3) is 0.562. The van der Waals surface area contributed by atoms with Crippen LogP contribution in [0.3, 0.4) is 0 Å². The minimum atomic E-state index is -3.77. The third-order valence-corrected chi connectivity index (χ3v) is 6.22. The van der Waals surface area contributed by atoms with Crippen molar-refractivity contribution >= 4 is 15.8 Å². The number of methoxy groups -OCH3 is 1. The Hall–Kier alpha value is -1.36. The highest BCUT2D eigenvalue weighted by atomic mass is 32.2. The van der Waals surface area contributed by atoms with Crippen molar-refractivity contribution < 1.29 is 17.9 Å². The molecule has 0 saturated heterocycles. The molecule has 1 atom stereocenters. The first-order chi connectivity index (χ1) is 9.90. The Kier molecular flexibility index (Phi) is 6.40. The lowest BCUT2D eigenvalue weighted by Crippen LogP contribution is -2.44. The van der Waals surface area contributed by atoms with E-state index in [9.17, 15) is 13.2 Å². The SMILES string of the molecule is CCCCCC[C@](C)(C(=O)OC)S(=O)(=O)c1ccccc1. The fourth-order valence-electron chi connectivity index (χ4n) is 2.31. The number of carbonyl (C=O) groups excluding carboxylic acids is 1. The van der Waals surface area contributed by atoms with Crippen LogP contribution in [0.2, 0.25) is 0 Å². The van der Waals surface area contributed by atoms with Crippen molar-refractivity contribution in [1.29, 1.82) is 0 Å². The minimum absolute atomic E-state index is 0.161. The predicted octanol–water partition coefficient (Wildman–Crippen LogP) is 3.36. The lowest BCUT2D eigenvalue weighted by Gasteiger charge is -2.26. The van der Waals surface area contributed by atoms with Crippen LogP contribution >= 0.6 is 0 Å². The molecule has 0 unspecified atom stereocenters. The fourth-order valence-corrected chi connectivity index (χ4v) is 4.06. The third kappa shape index (κ3) is 3.84. The summed E-state index contributed by atoms with van der Waals surface area (Å²) in [5, 5.41) is 0. The van der Waals surface area contributed by atoms with E-state index in [1.165, 1.54) is 26.2 Å². The van der Waals surface area contributed by atoms with Crippen LogP contribution < -0.4 is 0 Å². The summed E-state index contributed by atoms with van der Waals surface area (Å²) in [4.78, 5) is 12.3. The summed E-state index contributed by atoms with van der Waals surface area (Å²) < 4.78 is 28.9. The molecule has 4 nitrogen and oxygen atoms in total. The molecule has 0 radical (unpaired) electrons. The number of unbranched alkanes of at least 4 members (excludes halogenated alkanes) is 3. The van der Waals surface area contributed by atoms with E-state index in [0.717, 1.165) is 19.3 Å². The zero-order valence-corrected chi connectivity index (χ0v) is 13.8. The second-order valence-electron chi connectivity index (χ2n) is 5.35. The standard InChI is InChI=1S/C16H24O4S/c1-4-5-6-10-13-16(2,15(17)20-3)21(18,19)14-11-8-7-9-12-14/h7-9,11-12H,4-6,10,13H2,1-3H3/t16-/m1/s1. The molecule has 0 fully saturated rings. The summed E-state index contributed by atoms with van der Waals surface area (Å²) in [5.74, 6) is -0.692. The Morgan fingerprint density at radius 3 is 2.29 bits per heavy atom. The number of hydrogen-bond donors (Lipinski definition) is 0. The maximum Gasteiger partial charge on any atom is 0.327 e. The van der Waals surface area contributed by atoms with Gasteiger partial charge in [-0.15, -0.1) is 0 Å². The Balaban J connectivity index is 3.09. The summed E-state index contributed by atoms with van der Waals surface area (Å²) in [7, 11) is -2.54. The van der Waals surface area contributed by atoms with Gasteiger partial charge in [0.25, 0.3) is 0 Å². The minimum Gasteiger partial charge on any atom is -0.468 e. The number of rotatable bonds is 8. The quantitative estimate of drug-likeness (QED) is 0.545. The smallest absolute Gasteiger partial charge is 0.327 e. The third-order valence-electron chi connectivity index (χ3n) is 3.77. The number of ether oxygens (including phenoxy) is 1. The van der Waals surface area contributed by atoms with Gasteiger partial charge in [0.2, 0.25) is 0 Å². The van der Waals surface area contributed by atoms with Gasteiger partial charge in [0.1, 0.15) is 0 Å².